The monoisotopic (exact) mass is 1470 g/mol. The lowest BCUT2D eigenvalue weighted by atomic mass is 9.92. The molecule has 3 aromatic rings. The molecule has 1 heterocycles. The quantitative estimate of drug-likeness (QED) is 0.0179. The summed E-state index contributed by atoms with van der Waals surface area (Å²) in [5.74, 6) is 0.00762. The van der Waals surface area contributed by atoms with Gasteiger partial charge in [0.1, 0.15) is 46.3 Å². The Bertz CT molecular complexity index is 2660. The topological polar surface area (TPSA) is 205 Å². The van der Waals surface area contributed by atoms with Gasteiger partial charge in [0.2, 0.25) is 5.91 Å². The van der Waals surface area contributed by atoms with Crippen LogP contribution in [0.2, 0.25) is 0 Å². The third-order valence-corrected chi connectivity index (χ3v) is 20.6. The van der Waals surface area contributed by atoms with Gasteiger partial charge in [0.15, 0.2) is 12.4 Å². The zero-order valence-electron chi connectivity index (χ0n) is 65.6. The fourth-order valence-corrected chi connectivity index (χ4v) is 13.7. The van der Waals surface area contributed by atoms with Crippen molar-refractivity contribution in [1.82, 2.24) is 5.32 Å². The first-order chi connectivity index (χ1) is 48.9. The van der Waals surface area contributed by atoms with E-state index in [1.54, 1.807) is 18.2 Å². The Morgan fingerprint density at radius 2 is 0.853 bits per heavy atom. The largest absolute Gasteiger partial charge is 1.00 e. The maximum Gasteiger partial charge on any atom is 0.309 e. The van der Waals surface area contributed by atoms with Crippen molar-refractivity contribution in [2.24, 2.45) is 11.8 Å². The number of halogens is 1. The van der Waals surface area contributed by atoms with E-state index >= 15 is 0 Å². The summed E-state index contributed by atoms with van der Waals surface area (Å²) in [4.78, 5) is 75.6. The maximum absolute atomic E-state index is 13.0. The Balaban J connectivity index is 0.00000166. The summed E-state index contributed by atoms with van der Waals surface area (Å²) < 4.78 is 40.6. The minimum Gasteiger partial charge on any atom is -1.00 e. The first kappa shape index (κ1) is 97.6. The summed E-state index contributed by atoms with van der Waals surface area (Å²) in [5, 5.41) is 13.9. The second-order valence-electron chi connectivity index (χ2n) is 29.7. The maximum atomic E-state index is 13.0. The minimum atomic E-state index is -4.34. The number of aromatic nitrogens is 1. The van der Waals surface area contributed by atoms with E-state index in [-0.39, 0.29) is 71.4 Å². The molecule has 2 N–H and O–H groups in total. The molecule has 0 radical (unpaired) electrons. The molecule has 0 saturated carbocycles. The SMILES string of the molecule is CCCCCCCCCC(=O)CCC(CC(=O)CCCCCCCCCC[N+](C)(C)CCO)C(=O)NCCCCCCCC.CCCCCCCCCCCC(=O)CCCCC[C@H](CC(=O)CCCCCCCCCC[n+]1ccccc1)C(=O)OCC.O=S(=O)([O-])c1ccc2ccccc2c1.[Cl-]. The summed E-state index contributed by atoms with van der Waals surface area (Å²) in [7, 11) is 0.0171. The molecule has 2 aromatic carbocycles. The number of quaternary nitrogens is 1. The Morgan fingerprint density at radius 3 is 1.31 bits per heavy atom. The third kappa shape index (κ3) is 57.9. The molecule has 0 fully saturated rings. The smallest absolute Gasteiger partial charge is 0.309 e. The van der Waals surface area contributed by atoms with Crippen LogP contribution in [0.15, 0.2) is 78.0 Å². The zero-order valence-corrected chi connectivity index (χ0v) is 67.2. The van der Waals surface area contributed by atoms with Crippen molar-refractivity contribution in [2.75, 3.05) is 46.9 Å². The van der Waals surface area contributed by atoms with Gasteiger partial charge in [-0.3, -0.25) is 28.8 Å². The van der Waals surface area contributed by atoms with Crippen LogP contribution < -0.4 is 22.3 Å². The number of aliphatic hydroxyl groups excluding tert-OH is 1. The van der Waals surface area contributed by atoms with Gasteiger partial charge in [0.05, 0.1) is 44.7 Å². The number of carbonyl (C=O) groups is 6. The molecule has 586 valence electrons. The second kappa shape index (κ2) is 67.2. The number of benzene rings is 2. The van der Waals surface area contributed by atoms with Crippen molar-refractivity contribution in [1.29, 1.82) is 0 Å². The highest BCUT2D eigenvalue weighted by Crippen LogP contribution is 2.23. The van der Waals surface area contributed by atoms with Gasteiger partial charge in [0.25, 0.3) is 0 Å². The molecular formula is C86H148ClN3O11S. The number of fused-ring (bicyclic) bond motifs is 1. The van der Waals surface area contributed by atoms with E-state index in [0.717, 1.165) is 118 Å². The molecule has 0 aliphatic heterocycles. The molecule has 14 nitrogen and oxygen atoms in total. The highest BCUT2D eigenvalue weighted by molar-refractivity contribution is 7.85. The van der Waals surface area contributed by atoms with E-state index in [0.29, 0.717) is 76.7 Å². The van der Waals surface area contributed by atoms with Crippen LogP contribution in [0.25, 0.3) is 10.8 Å². The highest BCUT2D eigenvalue weighted by atomic mass is 35.5. The molecule has 2 atom stereocenters. The van der Waals surface area contributed by atoms with Gasteiger partial charge < -0.3 is 36.6 Å². The Morgan fingerprint density at radius 1 is 0.451 bits per heavy atom. The predicted molar refractivity (Wildman–Crippen MR) is 417 cm³/mol. The molecule has 16 heteroatoms. The molecule has 0 saturated heterocycles. The summed E-state index contributed by atoms with van der Waals surface area (Å²) in [5.41, 5.74) is 0. The Kier molecular flexibility index (Phi) is 64.3. The zero-order chi connectivity index (χ0) is 74.1. The van der Waals surface area contributed by atoms with E-state index in [9.17, 15) is 41.7 Å². The standard InChI is InChI=1S/C38H74N2O4.C38H66NO4.C10H8O3S.ClH/c1-5-7-9-11-15-18-22-26-36(42)29-28-35(38(44)39-30-24-20-12-10-8-6-2)34-37(43)27-23-19-16-13-14-17-21-25-31-40(3,4)32-33-41;1-3-5-6-7-8-9-12-15-21-28-36(40)29-23-18-20-27-35(38(42)43-4-2)34-37(41)30-22-16-13-10-11-14-17-24-31-39-32-25-19-26-33-39;11-14(12,13)10-6-5-8-3-1-2-4-9(8)7-10;/h35,41H,5-34H2,1-4H3;19,25-26,32-33,35H,3-18,20-24,27-31,34H2,1-2H3;1-7H,(H,11,12,13);1H/q;+1;;/p-1/t;35-;;/m.1../s1. The molecule has 3 rings (SSSR count). The minimum absolute atomic E-state index is 0. The number of aryl methyl sites for hydroxylation is 1. The molecule has 1 unspecified atom stereocenters. The number of aliphatic hydroxyl groups is 1. The van der Waals surface area contributed by atoms with Crippen LogP contribution in [0.5, 0.6) is 0 Å². The summed E-state index contributed by atoms with van der Waals surface area (Å²) in [6.07, 6.45) is 57.8. The first-order valence-electron chi connectivity index (χ1n) is 41.2. The molecule has 102 heavy (non-hydrogen) atoms. The lowest BCUT2D eigenvalue weighted by Crippen LogP contribution is -3.00. The van der Waals surface area contributed by atoms with E-state index in [4.69, 9.17) is 9.84 Å². The molecule has 0 aliphatic carbocycles. The normalized spacial score (nSPS) is 12.0. The van der Waals surface area contributed by atoms with Crippen LogP contribution in [0, 0.1) is 11.8 Å². The van der Waals surface area contributed by atoms with Crippen LogP contribution in [-0.2, 0) is 50.2 Å². The number of nitrogens with one attached hydrogen (secondary N) is 1. The van der Waals surface area contributed by atoms with Gasteiger partial charge in [-0.1, -0.05) is 256 Å². The number of ether oxygens (including phenoxy) is 1. The average molecular weight is 1470 g/mol. The third-order valence-electron chi connectivity index (χ3n) is 19.7. The fourth-order valence-electron chi connectivity index (χ4n) is 13.2. The molecule has 1 amide bonds. The van der Waals surface area contributed by atoms with Gasteiger partial charge in [-0.05, 0) is 100 Å². The molecule has 1 aromatic heterocycles. The van der Waals surface area contributed by atoms with Gasteiger partial charge in [-0.25, -0.2) is 13.0 Å². The molecule has 0 bridgehead atoms. The summed E-state index contributed by atoms with van der Waals surface area (Å²) in [6.45, 7) is 12.8. The lowest BCUT2D eigenvalue weighted by molar-refractivity contribution is -0.890. The number of carbonyl (C=O) groups excluding carboxylic acids is 6. The fraction of sp³-hybridized carbons (Fsp3) is 0.756. The number of hydrogen-bond acceptors (Lipinski definition) is 11. The van der Waals surface area contributed by atoms with E-state index < -0.39 is 10.1 Å². The van der Waals surface area contributed by atoms with Crippen LogP contribution >= 0.6 is 0 Å². The van der Waals surface area contributed by atoms with E-state index in [2.05, 4.69) is 75.3 Å². The van der Waals surface area contributed by atoms with Gasteiger partial charge in [-0.15, -0.1) is 0 Å². The number of nitrogens with zero attached hydrogens (tertiary/aromatic N) is 2. The van der Waals surface area contributed by atoms with Gasteiger partial charge in [-0.2, -0.15) is 0 Å². The van der Waals surface area contributed by atoms with Crippen molar-refractivity contribution in [3.05, 3.63) is 73.1 Å². The van der Waals surface area contributed by atoms with Crippen molar-refractivity contribution in [2.45, 2.75) is 367 Å². The number of rotatable bonds is 66. The number of esters is 1. The van der Waals surface area contributed by atoms with Gasteiger partial charge >= 0.3 is 5.97 Å². The first-order valence-corrected chi connectivity index (χ1v) is 42.6. The van der Waals surface area contributed by atoms with Crippen molar-refractivity contribution in [3.63, 3.8) is 0 Å². The Hall–Kier alpha value is -4.41. The van der Waals surface area contributed by atoms with E-state index in [1.807, 2.05) is 19.1 Å². The van der Waals surface area contributed by atoms with Gasteiger partial charge in [0, 0.05) is 82.4 Å². The number of pyridine rings is 1. The van der Waals surface area contributed by atoms with Crippen LogP contribution in [0.4, 0.5) is 0 Å². The number of unbranched alkanes of at least 4 members (excludes halogenated alkanes) is 35. The lowest BCUT2D eigenvalue weighted by Gasteiger charge is -2.28. The number of Topliss-reactive ketones (excluding diaryl/α,β-unsaturated/α-hetero) is 4. The molecule has 0 spiro atoms. The summed E-state index contributed by atoms with van der Waals surface area (Å²) in [6, 6.07) is 17.8. The van der Waals surface area contributed by atoms with Crippen LogP contribution in [-0.4, -0.2) is 105 Å². The molecular weight excluding hydrogens is 1320 g/mol. The van der Waals surface area contributed by atoms with Crippen molar-refractivity contribution in [3.8, 4) is 0 Å². The average Bonchev–Trinajstić information content (AvgIpc) is 0.821. The second-order valence-corrected chi connectivity index (χ2v) is 31.1. The van der Waals surface area contributed by atoms with Crippen LogP contribution in [0.1, 0.15) is 355 Å². The number of likely N-dealkylation sites (N-methyl/N-ethyl adjacent to an activating group) is 1. The van der Waals surface area contributed by atoms with E-state index in [1.165, 1.54) is 192 Å². The highest BCUT2D eigenvalue weighted by Gasteiger charge is 2.24. The summed E-state index contributed by atoms with van der Waals surface area (Å²) >= 11 is 0. The Labute approximate surface area is 629 Å². The predicted octanol–water partition coefficient (Wildman–Crippen LogP) is 17.9. The van der Waals surface area contributed by atoms with Crippen LogP contribution in [0.3, 0.4) is 0 Å². The number of hydrogen-bond donors (Lipinski definition) is 2. The van der Waals surface area contributed by atoms with Crippen molar-refractivity contribution < 1.29 is 73.0 Å². The molecule has 0 aliphatic rings. The van der Waals surface area contributed by atoms with Crippen molar-refractivity contribution >= 4 is 55.9 Å². The number of amides is 1. The number of ketones is 4.